The summed E-state index contributed by atoms with van der Waals surface area (Å²) in [6.07, 6.45) is 0. The van der Waals surface area contributed by atoms with Crippen molar-refractivity contribution < 1.29 is 9.32 Å². The van der Waals surface area contributed by atoms with Crippen LogP contribution >= 0.6 is 35.0 Å². The monoisotopic (exact) mass is 418 g/mol. The first kappa shape index (κ1) is 18.4. The number of rotatable bonds is 3. The van der Waals surface area contributed by atoms with Crippen molar-refractivity contribution in [2.45, 2.75) is 12.3 Å². The molecule has 0 spiro atoms. The van der Waals surface area contributed by atoms with Crippen LogP contribution in [0.3, 0.4) is 0 Å². The molecule has 7 heteroatoms. The number of hydrogen-bond acceptors (Lipinski definition) is 4. The van der Waals surface area contributed by atoms with E-state index in [9.17, 15) is 4.79 Å². The molecule has 27 heavy (non-hydrogen) atoms. The largest absolute Gasteiger partial charge is 0.360 e. The van der Waals surface area contributed by atoms with Crippen molar-refractivity contribution in [3.63, 3.8) is 0 Å². The number of carbonyl (C=O) groups excluding carboxylic acids is 1. The van der Waals surface area contributed by atoms with Gasteiger partial charge in [0.25, 0.3) is 5.91 Å². The van der Waals surface area contributed by atoms with E-state index in [2.05, 4.69) is 5.16 Å². The third kappa shape index (κ3) is 3.47. The molecule has 0 aliphatic carbocycles. The number of carbonyl (C=O) groups is 1. The normalized spacial score (nSPS) is 16.7. The summed E-state index contributed by atoms with van der Waals surface area (Å²) in [5, 5.41) is 5.21. The molecule has 1 unspecified atom stereocenters. The van der Waals surface area contributed by atoms with E-state index in [1.165, 1.54) is 0 Å². The summed E-state index contributed by atoms with van der Waals surface area (Å²) in [6, 6.07) is 14.9. The molecule has 1 aliphatic heterocycles. The molecular formula is C20H16Cl2N2O2S. The van der Waals surface area contributed by atoms with Crippen LogP contribution in [0.5, 0.6) is 0 Å². The van der Waals surface area contributed by atoms with Crippen molar-refractivity contribution in [1.82, 2.24) is 10.1 Å². The van der Waals surface area contributed by atoms with Crippen molar-refractivity contribution in [2.75, 3.05) is 12.3 Å². The number of nitrogens with zero attached hydrogens (tertiary/aromatic N) is 2. The molecule has 0 saturated carbocycles. The molecule has 1 fully saturated rings. The third-order valence-electron chi connectivity index (χ3n) is 4.49. The minimum Gasteiger partial charge on any atom is -0.360 e. The Balaban J connectivity index is 1.73. The Morgan fingerprint density at radius 2 is 2.04 bits per heavy atom. The molecule has 0 radical (unpaired) electrons. The Labute approximate surface area is 171 Å². The van der Waals surface area contributed by atoms with E-state index in [1.54, 1.807) is 24.8 Å². The number of benzene rings is 2. The lowest BCUT2D eigenvalue weighted by Gasteiger charge is -2.24. The highest BCUT2D eigenvalue weighted by Gasteiger charge is 2.35. The van der Waals surface area contributed by atoms with Crippen LogP contribution in [-0.2, 0) is 0 Å². The zero-order valence-electron chi connectivity index (χ0n) is 14.5. The SMILES string of the molecule is Cc1onc(-c2ccccc2Cl)c1C(=O)N1CCSC1c1cccc(Cl)c1. The summed E-state index contributed by atoms with van der Waals surface area (Å²) in [5.41, 5.74) is 2.62. The molecule has 2 aromatic carbocycles. The highest BCUT2D eigenvalue weighted by Crippen LogP contribution is 2.41. The highest BCUT2D eigenvalue weighted by atomic mass is 35.5. The fourth-order valence-electron chi connectivity index (χ4n) is 3.22. The van der Waals surface area contributed by atoms with E-state index in [0.717, 1.165) is 11.3 Å². The Morgan fingerprint density at radius 3 is 2.81 bits per heavy atom. The molecule has 1 atom stereocenters. The second-order valence-electron chi connectivity index (χ2n) is 6.22. The summed E-state index contributed by atoms with van der Waals surface area (Å²) in [5.74, 6) is 1.23. The average molecular weight is 419 g/mol. The Morgan fingerprint density at radius 1 is 1.22 bits per heavy atom. The first-order valence-electron chi connectivity index (χ1n) is 8.45. The fraction of sp³-hybridized carbons (Fsp3) is 0.200. The van der Waals surface area contributed by atoms with E-state index in [-0.39, 0.29) is 11.3 Å². The number of hydrogen-bond donors (Lipinski definition) is 0. The zero-order valence-corrected chi connectivity index (χ0v) is 16.8. The van der Waals surface area contributed by atoms with Gasteiger partial charge in [0.15, 0.2) is 0 Å². The fourth-order valence-corrected chi connectivity index (χ4v) is 4.89. The molecule has 4 nitrogen and oxygen atoms in total. The van der Waals surface area contributed by atoms with Gasteiger partial charge in [0.05, 0.1) is 5.02 Å². The second-order valence-corrected chi connectivity index (χ2v) is 8.25. The van der Waals surface area contributed by atoms with Gasteiger partial charge in [0.1, 0.15) is 22.4 Å². The van der Waals surface area contributed by atoms with Gasteiger partial charge in [0, 0.05) is 22.9 Å². The van der Waals surface area contributed by atoms with Gasteiger partial charge in [-0.15, -0.1) is 11.8 Å². The Kier molecular flexibility index (Phi) is 5.17. The Bertz CT molecular complexity index is 1010. The maximum Gasteiger partial charge on any atom is 0.260 e. The number of halogens is 2. The smallest absolute Gasteiger partial charge is 0.260 e. The Hall–Kier alpha value is -1.95. The average Bonchev–Trinajstić information content (AvgIpc) is 3.29. The van der Waals surface area contributed by atoms with Crippen LogP contribution in [-0.4, -0.2) is 28.3 Å². The van der Waals surface area contributed by atoms with E-state index < -0.39 is 0 Å². The summed E-state index contributed by atoms with van der Waals surface area (Å²) < 4.78 is 5.36. The molecule has 1 saturated heterocycles. The van der Waals surface area contributed by atoms with E-state index in [1.807, 2.05) is 47.4 Å². The minimum atomic E-state index is -0.112. The zero-order chi connectivity index (χ0) is 19.0. The van der Waals surface area contributed by atoms with Crippen LogP contribution in [0.2, 0.25) is 10.0 Å². The first-order valence-corrected chi connectivity index (χ1v) is 10.3. The van der Waals surface area contributed by atoms with Gasteiger partial charge in [-0.2, -0.15) is 0 Å². The lowest BCUT2D eigenvalue weighted by atomic mass is 10.0. The number of thioether (sulfide) groups is 1. The molecule has 0 bridgehead atoms. The van der Waals surface area contributed by atoms with E-state index in [4.69, 9.17) is 27.7 Å². The van der Waals surface area contributed by atoms with Crippen molar-refractivity contribution >= 4 is 40.9 Å². The van der Waals surface area contributed by atoms with Gasteiger partial charge < -0.3 is 9.42 Å². The van der Waals surface area contributed by atoms with Crippen LogP contribution in [0.1, 0.15) is 27.1 Å². The maximum atomic E-state index is 13.4. The van der Waals surface area contributed by atoms with Crippen LogP contribution < -0.4 is 0 Å². The quantitative estimate of drug-likeness (QED) is 0.535. The molecular weight excluding hydrogens is 403 g/mol. The topological polar surface area (TPSA) is 46.3 Å². The molecule has 1 aliphatic rings. The first-order chi connectivity index (χ1) is 13.1. The summed E-state index contributed by atoms with van der Waals surface area (Å²) in [6.45, 7) is 2.39. The standard InChI is InChI=1S/C20H16Cl2N2O2S/c1-12-17(18(23-26-12)15-7-2-3-8-16(15)22)19(25)24-9-10-27-20(24)13-5-4-6-14(21)11-13/h2-8,11,20H,9-10H2,1H3. The number of aromatic nitrogens is 1. The van der Waals surface area contributed by atoms with Gasteiger partial charge in [-0.1, -0.05) is 58.7 Å². The van der Waals surface area contributed by atoms with Crippen LogP contribution in [0.4, 0.5) is 0 Å². The number of amides is 1. The predicted molar refractivity (Wildman–Crippen MR) is 109 cm³/mol. The molecule has 1 amide bonds. The van der Waals surface area contributed by atoms with Crippen molar-refractivity contribution in [3.8, 4) is 11.3 Å². The van der Waals surface area contributed by atoms with Gasteiger partial charge in [0.2, 0.25) is 0 Å². The van der Waals surface area contributed by atoms with Crippen LogP contribution in [0, 0.1) is 6.92 Å². The second kappa shape index (κ2) is 7.58. The van der Waals surface area contributed by atoms with Gasteiger partial charge >= 0.3 is 0 Å². The summed E-state index contributed by atoms with van der Waals surface area (Å²) in [7, 11) is 0. The molecule has 0 N–H and O–H groups in total. The van der Waals surface area contributed by atoms with Crippen molar-refractivity contribution in [2.24, 2.45) is 0 Å². The lowest BCUT2D eigenvalue weighted by Crippen LogP contribution is -2.31. The molecule has 3 aromatic rings. The van der Waals surface area contributed by atoms with Gasteiger partial charge in [-0.05, 0) is 30.7 Å². The summed E-state index contributed by atoms with van der Waals surface area (Å²) in [4.78, 5) is 15.3. The third-order valence-corrected chi connectivity index (χ3v) is 6.32. The predicted octanol–water partition coefficient (Wildman–Crippen LogP) is 5.84. The van der Waals surface area contributed by atoms with Crippen molar-refractivity contribution in [1.29, 1.82) is 0 Å². The number of aryl methyl sites for hydroxylation is 1. The van der Waals surface area contributed by atoms with Crippen LogP contribution in [0.15, 0.2) is 53.1 Å². The minimum absolute atomic E-state index is 0.0930. The van der Waals surface area contributed by atoms with Gasteiger partial charge in [-0.25, -0.2) is 0 Å². The summed E-state index contributed by atoms with van der Waals surface area (Å²) >= 11 is 14.2. The van der Waals surface area contributed by atoms with Gasteiger partial charge in [-0.3, -0.25) is 4.79 Å². The maximum absolute atomic E-state index is 13.4. The molecule has 2 heterocycles. The highest BCUT2D eigenvalue weighted by molar-refractivity contribution is 7.99. The van der Waals surface area contributed by atoms with Crippen LogP contribution in [0.25, 0.3) is 11.3 Å². The lowest BCUT2D eigenvalue weighted by molar-refractivity contribution is 0.0759. The van der Waals surface area contributed by atoms with E-state index >= 15 is 0 Å². The van der Waals surface area contributed by atoms with Crippen molar-refractivity contribution in [3.05, 3.63) is 75.5 Å². The van der Waals surface area contributed by atoms with E-state index in [0.29, 0.717) is 39.2 Å². The molecule has 1 aromatic heterocycles. The molecule has 138 valence electrons. The molecule has 4 rings (SSSR count).